The molecule has 3 rings (SSSR count). The summed E-state index contributed by atoms with van der Waals surface area (Å²) >= 11 is 0. The number of carbonyl (C=O) groups is 2. The molecule has 1 aliphatic heterocycles. The highest BCUT2D eigenvalue weighted by atomic mass is 32.2. The Morgan fingerprint density at radius 1 is 1.00 bits per heavy atom. The van der Waals surface area contributed by atoms with Gasteiger partial charge in [-0.05, 0) is 48.5 Å². The number of ether oxygens (including phenoxy) is 1. The van der Waals surface area contributed by atoms with Gasteiger partial charge in [-0.3, -0.25) is 14.5 Å². The van der Waals surface area contributed by atoms with E-state index in [4.69, 9.17) is 4.74 Å². The number of sulfone groups is 1. The van der Waals surface area contributed by atoms with E-state index in [0.29, 0.717) is 37.6 Å². The number of halogens is 1. The monoisotopic (exact) mass is 449 g/mol. The molecule has 0 aliphatic carbocycles. The summed E-state index contributed by atoms with van der Waals surface area (Å²) in [6, 6.07) is 11.5. The van der Waals surface area contributed by atoms with Gasteiger partial charge in [0.25, 0.3) is 5.91 Å². The summed E-state index contributed by atoms with van der Waals surface area (Å²) in [5, 5.41) is 2.72. The summed E-state index contributed by atoms with van der Waals surface area (Å²) in [4.78, 5) is 28.3. The smallest absolute Gasteiger partial charge is 0.260 e. The molecule has 10 heteroatoms. The van der Waals surface area contributed by atoms with E-state index in [0.717, 1.165) is 6.26 Å². The molecule has 2 aromatic carbocycles. The summed E-state index contributed by atoms with van der Waals surface area (Å²) in [6.45, 7) is 2.07. The first-order valence-electron chi connectivity index (χ1n) is 9.69. The van der Waals surface area contributed by atoms with Crippen LogP contribution in [0.15, 0.2) is 53.4 Å². The third-order valence-corrected chi connectivity index (χ3v) is 5.96. The topological polar surface area (TPSA) is 96.0 Å². The molecule has 166 valence electrons. The molecule has 1 fully saturated rings. The fourth-order valence-electron chi connectivity index (χ4n) is 3.11. The molecule has 1 N–H and O–H groups in total. The molecule has 0 saturated carbocycles. The maximum Gasteiger partial charge on any atom is 0.260 e. The molecule has 31 heavy (non-hydrogen) atoms. The van der Waals surface area contributed by atoms with Crippen LogP contribution in [0.5, 0.6) is 5.75 Å². The molecule has 2 amide bonds. The molecule has 0 unspecified atom stereocenters. The standard InChI is InChI=1S/C21H24FN3O5S/c1-31(28,29)19-8-6-18(7-9-19)30-15-21(27)25-12-10-24(11-13-25)14-20(26)23-17-4-2-16(22)3-5-17/h2-9H,10-15H2,1H3,(H,23,26). The zero-order valence-corrected chi connectivity index (χ0v) is 17.9. The number of nitrogens with zero attached hydrogens (tertiary/aromatic N) is 2. The van der Waals surface area contributed by atoms with Crippen LogP contribution in [0.2, 0.25) is 0 Å². The van der Waals surface area contributed by atoms with Crippen LogP contribution in [0.4, 0.5) is 10.1 Å². The summed E-state index contributed by atoms with van der Waals surface area (Å²) in [7, 11) is -3.28. The zero-order valence-electron chi connectivity index (χ0n) is 17.1. The number of anilines is 1. The van der Waals surface area contributed by atoms with Crippen molar-refractivity contribution in [2.24, 2.45) is 0 Å². The van der Waals surface area contributed by atoms with Gasteiger partial charge in [-0.15, -0.1) is 0 Å². The van der Waals surface area contributed by atoms with E-state index in [-0.39, 0.29) is 35.7 Å². The first-order chi connectivity index (χ1) is 14.7. The quantitative estimate of drug-likeness (QED) is 0.686. The predicted molar refractivity (Wildman–Crippen MR) is 113 cm³/mol. The average Bonchev–Trinajstić information content (AvgIpc) is 2.74. The SMILES string of the molecule is CS(=O)(=O)c1ccc(OCC(=O)N2CCN(CC(=O)Nc3ccc(F)cc3)CC2)cc1. The highest BCUT2D eigenvalue weighted by Gasteiger charge is 2.22. The maximum absolute atomic E-state index is 12.9. The Kier molecular flexibility index (Phi) is 7.24. The summed E-state index contributed by atoms with van der Waals surface area (Å²) < 4.78 is 41.3. The van der Waals surface area contributed by atoms with Crippen LogP contribution >= 0.6 is 0 Å². The van der Waals surface area contributed by atoms with E-state index in [1.807, 2.05) is 4.90 Å². The maximum atomic E-state index is 12.9. The number of hydrogen-bond donors (Lipinski definition) is 1. The first kappa shape index (κ1) is 22.7. The number of rotatable bonds is 7. The van der Waals surface area contributed by atoms with Gasteiger partial charge in [0.1, 0.15) is 11.6 Å². The Hall–Kier alpha value is -2.98. The Morgan fingerprint density at radius 3 is 2.19 bits per heavy atom. The number of hydrogen-bond acceptors (Lipinski definition) is 6. The van der Waals surface area contributed by atoms with E-state index in [2.05, 4.69) is 5.32 Å². The lowest BCUT2D eigenvalue weighted by molar-refractivity contribution is -0.135. The number of nitrogens with one attached hydrogen (secondary N) is 1. The van der Waals surface area contributed by atoms with Crippen LogP contribution in [-0.4, -0.2) is 75.6 Å². The largest absolute Gasteiger partial charge is 0.484 e. The first-order valence-corrected chi connectivity index (χ1v) is 11.6. The van der Waals surface area contributed by atoms with E-state index < -0.39 is 9.84 Å². The third kappa shape index (κ3) is 6.76. The molecule has 1 aliphatic rings. The second-order valence-electron chi connectivity index (χ2n) is 7.24. The van der Waals surface area contributed by atoms with E-state index in [1.165, 1.54) is 48.5 Å². The Bertz CT molecular complexity index is 1020. The number of benzene rings is 2. The molecule has 0 aromatic heterocycles. The van der Waals surface area contributed by atoms with Crippen LogP contribution in [0.25, 0.3) is 0 Å². The molecule has 0 atom stereocenters. The van der Waals surface area contributed by atoms with Crippen molar-refractivity contribution in [3.8, 4) is 5.75 Å². The Labute approximate surface area is 180 Å². The average molecular weight is 450 g/mol. The third-order valence-electron chi connectivity index (χ3n) is 4.83. The van der Waals surface area contributed by atoms with Gasteiger partial charge in [-0.2, -0.15) is 0 Å². The van der Waals surface area contributed by atoms with Crippen molar-refractivity contribution in [2.75, 3.05) is 50.9 Å². The molecule has 0 bridgehead atoms. The minimum atomic E-state index is -3.28. The summed E-state index contributed by atoms with van der Waals surface area (Å²) in [5.74, 6) is -0.333. The number of carbonyl (C=O) groups excluding carboxylic acids is 2. The van der Waals surface area contributed by atoms with Gasteiger partial charge in [-0.1, -0.05) is 0 Å². The van der Waals surface area contributed by atoms with Gasteiger partial charge < -0.3 is 15.0 Å². The van der Waals surface area contributed by atoms with Gasteiger partial charge in [0, 0.05) is 38.1 Å². The number of amides is 2. The predicted octanol–water partition coefficient (Wildman–Crippen LogP) is 1.39. The lowest BCUT2D eigenvalue weighted by atomic mass is 10.3. The summed E-state index contributed by atoms with van der Waals surface area (Å²) in [6.07, 6.45) is 1.12. The molecule has 8 nitrogen and oxygen atoms in total. The molecule has 1 heterocycles. The zero-order chi connectivity index (χ0) is 22.4. The van der Waals surface area contributed by atoms with E-state index >= 15 is 0 Å². The summed E-state index contributed by atoms with van der Waals surface area (Å²) in [5.41, 5.74) is 0.530. The van der Waals surface area contributed by atoms with Crippen molar-refractivity contribution >= 4 is 27.3 Å². The normalized spacial score (nSPS) is 14.8. The van der Waals surface area contributed by atoms with Crippen LogP contribution < -0.4 is 10.1 Å². The second-order valence-corrected chi connectivity index (χ2v) is 9.26. The van der Waals surface area contributed by atoms with Gasteiger partial charge in [0.2, 0.25) is 5.91 Å². The fourth-order valence-corrected chi connectivity index (χ4v) is 3.74. The Balaban J connectivity index is 1.40. The fraction of sp³-hybridized carbons (Fsp3) is 0.333. The van der Waals surface area contributed by atoms with Gasteiger partial charge in [0.15, 0.2) is 16.4 Å². The Morgan fingerprint density at radius 2 is 1.61 bits per heavy atom. The van der Waals surface area contributed by atoms with E-state index in [9.17, 15) is 22.4 Å². The van der Waals surface area contributed by atoms with Crippen molar-refractivity contribution in [1.82, 2.24) is 9.80 Å². The molecular formula is C21H24FN3O5S. The lowest BCUT2D eigenvalue weighted by Gasteiger charge is -2.34. The van der Waals surface area contributed by atoms with Crippen LogP contribution in [-0.2, 0) is 19.4 Å². The van der Waals surface area contributed by atoms with Crippen LogP contribution in [0.1, 0.15) is 0 Å². The minimum absolute atomic E-state index is 0.150. The van der Waals surface area contributed by atoms with Gasteiger partial charge in [0.05, 0.1) is 11.4 Å². The van der Waals surface area contributed by atoms with Crippen molar-refractivity contribution in [3.05, 3.63) is 54.3 Å². The lowest BCUT2D eigenvalue weighted by Crippen LogP contribution is -2.51. The van der Waals surface area contributed by atoms with Gasteiger partial charge in [-0.25, -0.2) is 12.8 Å². The highest BCUT2D eigenvalue weighted by Crippen LogP contribution is 2.16. The molecule has 0 spiro atoms. The molecule has 0 radical (unpaired) electrons. The highest BCUT2D eigenvalue weighted by molar-refractivity contribution is 7.90. The van der Waals surface area contributed by atoms with Crippen molar-refractivity contribution in [3.63, 3.8) is 0 Å². The van der Waals surface area contributed by atoms with Crippen LogP contribution in [0, 0.1) is 5.82 Å². The van der Waals surface area contributed by atoms with Crippen molar-refractivity contribution in [2.45, 2.75) is 4.90 Å². The van der Waals surface area contributed by atoms with Crippen molar-refractivity contribution < 1.29 is 27.1 Å². The van der Waals surface area contributed by atoms with Crippen molar-refractivity contribution in [1.29, 1.82) is 0 Å². The molecular weight excluding hydrogens is 425 g/mol. The van der Waals surface area contributed by atoms with Crippen LogP contribution in [0.3, 0.4) is 0 Å². The molecule has 1 saturated heterocycles. The van der Waals surface area contributed by atoms with Gasteiger partial charge >= 0.3 is 0 Å². The second kappa shape index (κ2) is 9.88. The van der Waals surface area contributed by atoms with E-state index in [1.54, 1.807) is 4.90 Å². The molecule has 2 aromatic rings. The minimum Gasteiger partial charge on any atom is -0.484 e. The number of piperazine rings is 1.